The first kappa shape index (κ1) is 20.0. The molecule has 0 bridgehead atoms. The fraction of sp³-hybridized carbons (Fsp3) is 0.706. The van der Waals surface area contributed by atoms with Gasteiger partial charge in [0.2, 0.25) is 5.95 Å². The van der Waals surface area contributed by atoms with Crippen molar-refractivity contribution in [2.75, 3.05) is 25.0 Å². The molecule has 0 saturated carbocycles. The zero-order valence-electron chi connectivity index (χ0n) is 16.2. The molecule has 3 heterocycles. The number of aliphatic hydroxyl groups is 2. The van der Waals surface area contributed by atoms with E-state index in [-0.39, 0.29) is 6.04 Å². The van der Waals surface area contributed by atoms with Gasteiger partial charge < -0.3 is 29.7 Å². The van der Waals surface area contributed by atoms with Crippen LogP contribution in [0, 0.1) is 0 Å². The lowest BCUT2D eigenvalue weighted by Gasteiger charge is -2.32. The fourth-order valence-electron chi connectivity index (χ4n) is 3.06. The van der Waals surface area contributed by atoms with Crippen LogP contribution in [0.25, 0.3) is 0 Å². The van der Waals surface area contributed by atoms with Crippen LogP contribution in [0.4, 0.5) is 5.95 Å². The molecule has 27 heavy (non-hydrogen) atoms. The summed E-state index contributed by atoms with van der Waals surface area (Å²) in [5, 5.41) is 21.5. The van der Waals surface area contributed by atoms with Gasteiger partial charge in [-0.3, -0.25) is 4.79 Å². The molecular weight excluding hydrogens is 351 g/mol. The van der Waals surface area contributed by atoms with Crippen molar-refractivity contribution in [3.05, 3.63) is 12.4 Å². The molecule has 2 aliphatic heterocycles. The predicted molar refractivity (Wildman–Crippen MR) is 99.4 cm³/mol. The summed E-state index contributed by atoms with van der Waals surface area (Å²) in [5.74, 6) is -0.00361. The molecule has 0 aliphatic carbocycles. The Morgan fingerprint density at radius 3 is 2.48 bits per heavy atom. The molecule has 0 radical (unpaired) electrons. The van der Waals surface area contributed by atoms with E-state index < -0.39 is 36.9 Å². The van der Waals surface area contributed by atoms with Crippen LogP contribution in [0.15, 0.2) is 12.4 Å². The van der Waals surface area contributed by atoms with Crippen LogP contribution < -0.4 is 10.8 Å². The first-order valence-corrected chi connectivity index (χ1v) is 9.15. The second kappa shape index (κ2) is 7.35. The fourth-order valence-corrected chi connectivity index (χ4v) is 3.06. The standard InChI is InChI=1S/C17H27BN4O5/c1-16(2)17(3,4)27-18(26-16)11-7-19-15(20-8-11)21-12-5-6-22(9-12)14(25)13(24)10-23/h7-8,12-13,23-24H,5-6,9-10H2,1-4H3,(H,19,20,21)/t12-,13?/m1/s1. The Morgan fingerprint density at radius 1 is 1.33 bits per heavy atom. The highest BCUT2D eigenvalue weighted by molar-refractivity contribution is 6.61. The van der Waals surface area contributed by atoms with Crippen LogP contribution in [0.1, 0.15) is 34.1 Å². The topological polar surface area (TPSA) is 117 Å². The van der Waals surface area contributed by atoms with Crippen LogP contribution in [0.2, 0.25) is 0 Å². The lowest BCUT2D eigenvalue weighted by Crippen LogP contribution is -2.41. The number of aliphatic hydroxyl groups excluding tert-OH is 2. The molecule has 3 rings (SSSR count). The van der Waals surface area contributed by atoms with Crippen LogP contribution in [-0.4, -0.2) is 81.2 Å². The van der Waals surface area contributed by atoms with Crippen molar-refractivity contribution in [3.63, 3.8) is 0 Å². The lowest BCUT2D eigenvalue weighted by molar-refractivity contribution is -0.140. The molecule has 1 aromatic heterocycles. The highest BCUT2D eigenvalue weighted by atomic mass is 16.7. The number of hydrogen-bond acceptors (Lipinski definition) is 8. The monoisotopic (exact) mass is 378 g/mol. The quantitative estimate of drug-likeness (QED) is 0.567. The maximum absolute atomic E-state index is 11.9. The van der Waals surface area contributed by atoms with Gasteiger partial charge in [-0.05, 0) is 34.1 Å². The number of carbonyl (C=O) groups excluding carboxylic acids is 1. The normalized spacial score (nSPS) is 24.9. The molecule has 3 N–H and O–H groups in total. The van der Waals surface area contributed by atoms with E-state index in [0.29, 0.717) is 25.5 Å². The third-order valence-electron chi connectivity index (χ3n) is 5.49. The number of amides is 1. The summed E-state index contributed by atoms with van der Waals surface area (Å²) in [6, 6.07) is -0.0115. The summed E-state index contributed by atoms with van der Waals surface area (Å²) < 4.78 is 12.0. The van der Waals surface area contributed by atoms with Crippen LogP contribution >= 0.6 is 0 Å². The Hall–Kier alpha value is -1.75. The molecule has 0 spiro atoms. The van der Waals surface area contributed by atoms with Crippen LogP contribution in [-0.2, 0) is 14.1 Å². The van der Waals surface area contributed by atoms with Crippen molar-refractivity contribution in [3.8, 4) is 0 Å². The van der Waals surface area contributed by atoms with Gasteiger partial charge in [-0.15, -0.1) is 0 Å². The van der Waals surface area contributed by atoms with Gasteiger partial charge >= 0.3 is 7.12 Å². The highest BCUT2D eigenvalue weighted by Crippen LogP contribution is 2.36. The van der Waals surface area contributed by atoms with E-state index in [0.717, 1.165) is 5.46 Å². The van der Waals surface area contributed by atoms with Crippen molar-refractivity contribution in [1.82, 2.24) is 14.9 Å². The van der Waals surface area contributed by atoms with Gasteiger partial charge in [-0.25, -0.2) is 9.97 Å². The van der Waals surface area contributed by atoms with E-state index in [1.54, 1.807) is 12.4 Å². The molecule has 1 aromatic rings. The summed E-state index contributed by atoms with van der Waals surface area (Å²) >= 11 is 0. The average molecular weight is 378 g/mol. The third-order valence-corrected chi connectivity index (χ3v) is 5.49. The zero-order chi connectivity index (χ0) is 19.8. The molecule has 1 unspecified atom stereocenters. The Kier molecular flexibility index (Phi) is 5.44. The second-order valence-electron chi connectivity index (χ2n) is 8.04. The predicted octanol–water partition coefficient (Wildman–Crippen LogP) is -0.858. The largest absolute Gasteiger partial charge is 0.498 e. The van der Waals surface area contributed by atoms with E-state index in [9.17, 15) is 9.90 Å². The molecule has 2 fully saturated rings. The van der Waals surface area contributed by atoms with Crippen LogP contribution in [0.5, 0.6) is 0 Å². The summed E-state index contributed by atoms with van der Waals surface area (Å²) in [7, 11) is -0.511. The second-order valence-corrected chi connectivity index (χ2v) is 8.04. The van der Waals surface area contributed by atoms with Gasteiger partial charge in [0.25, 0.3) is 5.91 Å². The summed E-state index contributed by atoms with van der Waals surface area (Å²) in [6.45, 7) is 8.33. The zero-order valence-corrected chi connectivity index (χ0v) is 16.2. The van der Waals surface area contributed by atoms with Gasteiger partial charge in [0.1, 0.15) is 0 Å². The number of nitrogens with one attached hydrogen (secondary N) is 1. The summed E-state index contributed by atoms with van der Waals surface area (Å²) in [4.78, 5) is 22.1. The Balaban J connectivity index is 1.57. The van der Waals surface area contributed by atoms with Gasteiger partial charge in [0.05, 0.1) is 17.8 Å². The number of rotatable bonds is 5. The van der Waals surface area contributed by atoms with Gasteiger partial charge in [0.15, 0.2) is 6.10 Å². The van der Waals surface area contributed by atoms with Crippen molar-refractivity contribution >= 4 is 24.4 Å². The molecule has 9 nitrogen and oxygen atoms in total. The lowest BCUT2D eigenvalue weighted by atomic mass is 9.81. The highest BCUT2D eigenvalue weighted by Gasteiger charge is 2.52. The molecule has 10 heteroatoms. The van der Waals surface area contributed by atoms with Gasteiger partial charge in [-0.2, -0.15) is 0 Å². The summed E-state index contributed by atoms with van der Waals surface area (Å²) in [5.41, 5.74) is -0.102. The SMILES string of the molecule is CC1(C)OB(c2cnc(N[C@@H]3CCN(C(=O)C(O)CO)C3)nc2)OC1(C)C. The number of carbonyl (C=O) groups is 1. The minimum absolute atomic E-state index is 0.0115. The maximum atomic E-state index is 11.9. The van der Waals surface area contributed by atoms with Gasteiger partial charge in [-0.1, -0.05) is 0 Å². The van der Waals surface area contributed by atoms with E-state index >= 15 is 0 Å². The number of aromatic nitrogens is 2. The van der Waals surface area contributed by atoms with Crippen molar-refractivity contribution in [1.29, 1.82) is 0 Å². The molecule has 2 aliphatic rings. The molecule has 2 atom stereocenters. The molecule has 0 aromatic carbocycles. The number of anilines is 1. The first-order valence-electron chi connectivity index (χ1n) is 9.15. The number of likely N-dealkylation sites (tertiary alicyclic amines) is 1. The average Bonchev–Trinajstić information content (AvgIpc) is 3.16. The van der Waals surface area contributed by atoms with Crippen molar-refractivity contribution in [2.24, 2.45) is 0 Å². The minimum Gasteiger partial charge on any atom is -0.399 e. The molecule has 148 valence electrons. The van der Waals surface area contributed by atoms with E-state index in [4.69, 9.17) is 14.4 Å². The molecule has 2 saturated heterocycles. The molecular formula is C17H27BN4O5. The third kappa shape index (κ3) is 4.08. The summed E-state index contributed by atoms with van der Waals surface area (Å²) in [6.07, 6.45) is 2.70. The number of nitrogens with zero attached hydrogens (tertiary/aromatic N) is 3. The Labute approximate surface area is 159 Å². The van der Waals surface area contributed by atoms with E-state index in [1.807, 2.05) is 27.7 Å². The molecule has 1 amide bonds. The maximum Gasteiger partial charge on any atom is 0.498 e. The van der Waals surface area contributed by atoms with E-state index in [2.05, 4.69) is 15.3 Å². The first-order chi connectivity index (χ1) is 12.6. The number of hydrogen-bond donors (Lipinski definition) is 3. The Morgan fingerprint density at radius 2 is 1.93 bits per heavy atom. The Bertz CT molecular complexity index is 668. The van der Waals surface area contributed by atoms with Crippen molar-refractivity contribution < 1.29 is 24.3 Å². The van der Waals surface area contributed by atoms with Crippen molar-refractivity contribution in [2.45, 2.75) is 57.5 Å². The van der Waals surface area contributed by atoms with Gasteiger partial charge in [0, 0.05) is 37.0 Å². The smallest absolute Gasteiger partial charge is 0.399 e. The minimum atomic E-state index is -1.36. The van der Waals surface area contributed by atoms with Crippen LogP contribution in [0.3, 0.4) is 0 Å². The van der Waals surface area contributed by atoms with E-state index in [1.165, 1.54) is 4.90 Å².